The number of nitrogens with one attached hydrogen (secondary N) is 1. The van der Waals surface area contributed by atoms with Crippen molar-refractivity contribution in [1.82, 2.24) is 10.3 Å². The predicted molar refractivity (Wildman–Crippen MR) is 72.7 cm³/mol. The number of pyridine rings is 1. The van der Waals surface area contributed by atoms with E-state index in [1.807, 2.05) is 12.1 Å². The lowest BCUT2D eigenvalue weighted by molar-refractivity contribution is -0.0504. The Morgan fingerprint density at radius 3 is 2.60 bits per heavy atom. The van der Waals surface area contributed by atoms with Crippen LogP contribution in [0.25, 0.3) is 0 Å². The summed E-state index contributed by atoms with van der Waals surface area (Å²) < 4.78 is 29.0. The van der Waals surface area contributed by atoms with Crippen molar-refractivity contribution in [2.75, 3.05) is 6.54 Å². The molecule has 0 aliphatic heterocycles. The summed E-state index contributed by atoms with van der Waals surface area (Å²) in [5.74, 6) is 0.221. The van der Waals surface area contributed by atoms with E-state index >= 15 is 0 Å². The quantitative estimate of drug-likeness (QED) is 0.791. The van der Waals surface area contributed by atoms with Crippen molar-refractivity contribution in [2.45, 2.75) is 19.6 Å². The first-order chi connectivity index (χ1) is 9.75. The Morgan fingerprint density at radius 2 is 1.85 bits per heavy atom. The molecule has 0 spiro atoms. The maximum Gasteiger partial charge on any atom is 0.387 e. The lowest BCUT2D eigenvalue weighted by Gasteiger charge is -2.11. The number of alkyl halides is 2. The van der Waals surface area contributed by atoms with Gasteiger partial charge in [-0.15, -0.1) is 0 Å². The molecule has 3 nitrogen and oxygen atoms in total. The lowest BCUT2D eigenvalue weighted by Crippen LogP contribution is -2.17. The van der Waals surface area contributed by atoms with E-state index in [9.17, 15) is 8.78 Å². The van der Waals surface area contributed by atoms with Gasteiger partial charge in [0.1, 0.15) is 5.75 Å². The van der Waals surface area contributed by atoms with Gasteiger partial charge < -0.3 is 10.1 Å². The summed E-state index contributed by atoms with van der Waals surface area (Å²) in [6.45, 7) is -1.55. The van der Waals surface area contributed by atoms with Gasteiger partial charge in [0.25, 0.3) is 0 Å². The molecule has 0 saturated carbocycles. The van der Waals surface area contributed by atoms with Gasteiger partial charge in [0.05, 0.1) is 0 Å². The van der Waals surface area contributed by atoms with Gasteiger partial charge in [0.15, 0.2) is 0 Å². The van der Waals surface area contributed by atoms with Crippen molar-refractivity contribution in [3.05, 3.63) is 59.9 Å². The SMILES string of the molecule is FC(F)Oc1ccccc1CNCCc1ccncc1. The Morgan fingerprint density at radius 1 is 1.10 bits per heavy atom. The molecule has 1 N–H and O–H groups in total. The number of benzene rings is 1. The zero-order chi connectivity index (χ0) is 14.2. The molecular formula is C15H16F2N2O. The van der Waals surface area contributed by atoms with Crippen LogP contribution in [0.5, 0.6) is 5.75 Å². The molecule has 20 heavy (non-hydrogen) atoms. The Hall–Kier alpha value is -2.01. The van der Waals surface area contributed by atoms with Gasteiger partial charge in [-0.05, 0) is 36.7 Å². The van der Waals surface area contributed by atoms with Crippen molar-refractivity contribution in [1.29, 1.82) is 0 Å². The number of hydrogen-bond acceptors (Lipinski definition) is 3. The van der Waals surface area contributed by atoms with E-state index in [2.05, 4.69) is 15.0 Å². The van der Waals surface area contributed by atoms with Crippen LogP contribution in [0.1, 0.15) is 11.1 Å². The highest BCUT2D eigenvalue weighted by Crippen LogP contribution is 2.19. The summed E-state index contributed by atoms with van der Waals surface area (Å²) in [5.41, 5.74) is 1.91. The molecule has 0 saturated heterocycles. The first kappa shape index (κ1) is 14.4. The van der Waals surface area contributed by atoms with Gasteiger partial charge in [0.2, 0.25) is 0 Å². The summed E-state index contributed by atoms with van der Waals surface area (Å²) in [4.78, 5) is 3.95. The van der Waals surface area contributed by atoms with Crippen LogP contribution in [0.4, 0.5) is 8.78 Å². The predicted octanol–water partition coefficient (Wildman–Crippen LogP) is 3.02. The van der Waals surface area contributed by atoms with Crippen molar-refractivity contribution in [3.63, 3.8) is 0 Å². The van der Waals surface area contributed by atoms with Crippen molar-refractivity contribution in [3.8, 4) is 5.75 Å². The topological polar surface area (TPSA) is 34.1 Å². The molecule has 2 rings (SSSR count). The minimum atomic E-state index is -2.80. The third-order valence-corrected chi connectivity index (χ3v) is 2.84. The van der Waals surface area contributed by atoms with Crippen LogP contribution in [0, 0.1) is 0 Å². The van der Waals surface area contributed by atoms with Crippen LogP contribution in [-0.4, -0.2) is 18.1 Å². The summed E-state index contributed by atoms with van der Waals surface area (Å²) in [6, 6.07) is 10.7. The highest BCUT2D eigenvalue weighted by Gasteiger charge is 2.08. The number of nitrogens with zero attached hydrogens (tertiary/aromatic N) is 1. The largest absolute Gasteiger partial charge is 0.434 e. The molecule has 0 bridgehead atoms. The first-order valence-corrected chi connectivity index (χ1v) is 6.38. The summed E-state index contributed by atoms with van der Waals surface area (Å²) in [5, 5.41) is 3.22. The number of rotatable bonds is 7. The van der Waals surface area contributed by atoms with Crippen LogP contribution in [0.3, 0.4) is 0 Å². The van der Waals surface area contributed by atoms with E-state index < -0.39 is 6.61 Å². The van der Waals surface area contributed by atoms with Gasteiger partial charge in [-0.25, -0.2) is 0 Å². The molecule has 1 aromatic heterocycles. The molecule has 0 atom stereocenters. The van der Waals surface area contributed by atoms with E-state index in [0.717, 1.165) is 18.5 Å². The fraction of sp³-hybridized carbons (Fsp3) is 0.267. The van der Waals surface area contributed by atoms with Crippen LogP contribution in [0.15, 0.2) is 48.8 Å². The summed E-state index contributed by atoms with van der Waals surface area (Å²) in [6.07, 6.45) is 4.36. The molecule has 0 radical (unpaired) electrons. The van der Waals surface area contributed by atoms with Crippen LogP contribution < -0.4 is 10.1 Å². The third kappa shape index (κ3) is 4.59. The average Bonchev–Trinajstić information content (AvgIpc) is 2.46. The molecule has 1 aromatic carbocycles. The molecule has 0 aliphatic rings. The Kier molecular flexibility index (Phi) is 5.43. The molecule has 0 amide bonds. The highest BCUT2D eigenvalue weighted by molar-refractivity contribution is 5.33. The maximum atomic E-state index is 12.3. The number of aromatic nitrogens is 1. The molecule has 0 aliphatic carbocycles. The van der Waals surface area contributed by atoms with Crippen molar-refractivity contribution in [2.24, 2.45) is 0 Å². The molecule has 0 fully saturated rings. The van der Waals surface area contributed by atoms with Gasteiger partial charge >= 0.3 is 6.61 Å². The number of hydrogen-bond donors (Lipinski definition) is 1. The second kappa shape index (κ2) is 7.55. The van der Waals surface area contributed by atoms with Gasteiger partial charge in [0, 0.05) is 24.5 Å². The van der Waals surface area contributed by atoms with Crippen LogP contribution >= 0.6 is 0 Å². The molecule has 5 heteroatoms. The fourth-order valence-corrected chi connectivity index (χ4v) is 1.87. The Labute approximate surface area is 116 Å². The van der Waals surface area contributed by atoms with Crippen molar-refractivity contribution >= 4 is 0 Å². The molecular weight excluding hydrogens is 262 g/mol. The van der Waals surface area contributed by atoms with Crippen molar-refractivity contribution < 1.29 is 13.5 Å². The molecule has 2 aromatic rings. The zero-order valence-electron chi connectivity index (χ0n) is 10.9. The number of halogens is 2. The average molecular weight is 278 g/mol. The third-order valence-electron chi connectivity index (χ3n) is 2.84. The van der Waals surface area contributed by atoms with Crippen LogP contribution in [-0.2, 0) is 13.0 Å². The standard InChI is InChI=1S/C15H16F2N2O/c16-15(17)20-14-4-2-1-3-13(14)11-19-10-7-12-5-8-18-9-6-12/h1-6,8-9,15,19H,7,10-11H2. The second-order valence-corrected chi connectivity index (χ2v) is 4.27. The van der Waals surface area contributed by atoms with E-state index in [4.69, 9.17) is 0 Å². The molecule has 106 valence electrons. The molecule has 0 unspecified atom stereocenters. The number of para-hydroxylation sites is 1. The summed E-state index contributed by atoms with van der Waals surface area (Å²) in [7, 11) is 0. The fourth-order valence-electron chi connectivity index (χ4n) is 1.87. The van der Waals surface area contributed by atoms with E-state index in [1.54, 1.807) is 36.7 Å². The molecule has 1 heterocycles. The second-order valence-electron chi connectivity index (χ2n) is 4.27. The smallest absolute Gasteiger partial charge is 0.387 e. The minimum Gasteiger partial charge on any atom is -0.434 e. The van der Waals surface area contributed by atoms with Gasteiger partial charge in [-0.1, -0.05) is 18.2 Å². The Balaban J connectivity index is 1.82. The van der Waals surface area contributed by atoms with Crippen LogP contribution in [0.2, 0.25) is 0 Å². The zero-order valence-corrected chi connectivity index (χ0v) is 10.9. The van der Waals surface area contributed by atoms with E-state index in [-0.39, 0.29) is 5.75 Å². The number of ether oxygens (including phenoxy) is 1. The first-order valence-electron chi connectivity index (χ1n) is 6.38. The minimum absolute atomic E-state index is 0.221. The van der Waals surface area contributed by atoms with E-state index in [0.29, 0.717) is 6.54 Å². The highest BCUT2D eigenvalue weighted by atomic mass is 19.3. The van der Waals surface area contributed by atoms with Gasteiger partial charge in [-0.3, -0.25) is 4.98 Å². The lowest BCUT2D eigenvalue weighted by atomic mass is 10.2. The monoisotopic (exact) mass is 278 g/mol. The normalized spacial score (nSPS) is 10.8. The van der Waals surface area contributed by atoms with E-state index in [1.165, 1.54) is 5.56 Å². The Bertz CT molecular complexity index is 520. The summed E-state index contributed by atoms with van der Waals surface area (Å²) >= 11 is 0. The maximum absolute atomic E-state index is 12.3. The van der Waals surface area contributed by atoms with Gasteiger partial charge in [-0.2, -0.15) is 8.78 Å².